The average molecular weight is 235 g/mol. The van der Waals surface area contributed by atoms with Crippen LogP contribution in [-0.4, -0.2) is 44.5 Å². The Morgan fingerprint density at radius 1 is 1.07 bits per heavy atom. The van der Waals surface area contributed by atoms with E-state index < -0.39 is 10.0 Å². The molecule has 0 aromatic heterocycles. The van der Waals surface area contributed by atoms with Gasteiger partial charge in [-0.2, -0.15) is 0 Å². The second kappa shape index (κ2) is 4.78. The van der Waals surface area contributed by atoms with Crippen LogP contribution in [0.2, 0.25) is 0 Å². The van der Waals surface area contributed by atoms with Crippen LogP contribution in [0.25, 0.3) is 0 Å². The SMILES string of the molecule is O=S(=O)(C1CCOCC1)N1CCCCO1. The van der Waals surface area contributed by atoms with Crippen molar-refractivity contribution in [3.8, 4) is 0 Å². The molecule has 0 unspecified atom stereocenters. The predicted octanol–water partition coefficient (Wildman–Crippen LogP) is 0.523. The zero-order valence-electron chi connectivity index (χ0n) is 8.72. The van der Waals surface area contributed by atoms with Crippen LogP contribution in [-0.2, 0) is 19.6 Å². The van der Waals surface area contributed by atoms with Crippen LogP contribution >= 0.6 is 0 Å². The minimum Gasteiger partial charge on any atom is -0.381 e. The van der Waals surface area contributed by atoms with Crippen molar-refractivity contribution in [1.82, 2.24) is 4.47 Å². The zero-order valence-corrected chi connectivity index (χ0v) is 9.54. The third kappa shape index (κ3) is 2.50. The number of ether oxygens (including phenoxy) is 1. The molecule has 0 bridgehead atoms. The summed E-state index contributed by atoms with van der Waals surface area (Å²) in [6.07, 6.45) is 3.01. The lowest BCUT2D eigenvalue weighted by atomic mass is 10.2. The highest BCUT2D eigenvalue weighted by atomic mass is 32.2. The number of sulfonamides is 1. The van der Waals surface area contributed by atoms with Crippen LogP contribution in [0.1, 0.15) is 25.7 Å². The van der Waals surface area contributed by atoms with E-state index in [1.165, 1.54) is 4.47 Å². The van der Waals surface area contributed by atoms with Crippen molar-refractivity contribution in [2.45, 2.75) is 30.9 Å². The topological polar surface area (TPSA) is 55.8 Å². The summed E-state index contributed by atoms with van der Waals surface area (Å²) in [5.41, 5.74) is 0. The maximum absolute atomic E-state index is 12.1. The third-order valence-corrected chi connectivity index (χ3v) is 5.01. The molecule has 88 valence electrons. The fraction of sp³-hybridized carbons (Fsp3) is 1.00. The van der Waals surface area contributed by atoms with E-state index in [-0.39, 0.29) is 5.25 Å². The number of hydrogen-bond acceptors (Lipinski definition) is 4. The summed E-state index contributed by atoms with van der Waals surface area (Å²) in [5.74, 6) is 0. The van der Waals surface area contributed by atoms with E-state index in [4.69, 9.17) is 9.57 Å². The lowest BCUT2D eigenvalue weighted by molar-refractivity contribution is -0.110. The maximum atomic E-state index is 12.1. The summed E-state index contributed by atoms with van der Waals surface area (Å²) < 4.78 is 30.5. The molecule has 6 heteroatoms. The first kappa shape index (κ1) is 11.3. The molecule has 0 aliphatic carbocycles. The molecular formula is C9H17NO4S. The molecule has 15 heavy (non-hydrogen) atoms. The molecule has 2 fully saturated rings. The van der Waals surface area contributed by atoms with Crippen molar-refractivity contribution in [2.24, 2.45) is 0 Å². The Bertz CT molecular complexity index is 267. The summed E-state index contributed by atoms with van der Waals surface area (Å²) >= 11 is 0. The molecule has 0 saturated carbocycles. The molecule has 0 radical (unpaired) electrons. The van der Waals surface area contributed by atoms with Gasteiger partial charge in [-0.1, -0.05) is 4.47 Å². The van der Waals surface area contributed by atoms with Gasteiger partial charge in [-0.25, -0.2) is 8.42 Å². The Hall–Kier alpha value is -0.170. The van der Waals surface area contributed by atoms with E-state index in [1.807, 2.05) is 0 Å². The van der Waals surface area contributed by atoms with Crippen molar-refractivity contribution < 1.29 is 18.0 Å². The molecular weight excluding hydrogens is 218 g/mol. The zero-order chi connectivity index (χ0) is 10.7. The highest BCUT2D eigenvalue weighted by molar-refractivity contribution is 7.89. The second-order valence-corrected chi connectivity index (χ2v) is 6.03. The van der Waals surface area contributed by atoms with Crippen molar-refractivity contribution in [3.05, 3.63) is 0 Å². The van der Waals surface area contributed by atoms with Crippen LogP contribution in [0, 0.1) is 0 Å². The van der Waals surface area contributed by atoms with Gasteiger partial charge in [-0.05, 0) is 25.7 Å². The molecule has 2 aliphatic heterocycles. The Morgan fingerprint density at radius 2 is 1.80 bits per heavy atom. The van der Waals surface area contributed by atoms with E-state index in [2.05, 4.69) is 0 Å². The molecule has 5 nitrogen and oxygen atoms in total. The standard InChI is InChI=1S/C9H17NO4S/c11-15(12,9-3-7-13-8-4-9)10-5-1-2-6-14-10/h9H,1-8H2. The third-order valence-electron chi connectivity index (χ3n) is 2.84. The van der Waals surface area contributed by atoms with Crippen LogP contribution in [0.15, 0.2) is 0 Å². The Labute approximate surface area is 90.3 Å². The highest BCUT2D eigenvalue weighted by Gasteiger charge is 2.34. The van der Waals surface area contributed by atoms with Crippen molar-refractivity contribution in [1.29, 1.82) is 0 Å². The minimum absolute atomic E-state index is 0.315. The molecule has 2 saturated heterocycles. The largest absolute Gasteiger partial charge is 0.381 e. The van der Waals surface area contributed by atoms with E-state index in [9.17, 15) is 8.42 Å². The number of nitrogens with zero attached hydrogens (tertiary/aromatic N) is 1. The van der Waals surface area contributed by atoms with E-state index in [0.29, 0.717) is 39.2 Å². The molecule has 2 rings (SSSR count). The summed E-state index contributed by atoms with van der Waals surface area (Å²) in [5, 5.41) is -0.315. The Morgan fingerprint density at radius 3 is 2.40 bits per heavy atom. The smallest absolute Gasteiger partial charge is 0.239 e. The first-order chi connectivity index (χ1) is 7.21. The summed E-state index contributed by atoms with van der Waals surface area (Å²) in [6, 6.07) is 0. The lowest BCUT2D eigenvalue weighted by Gasteiger charge is -2.30. The number of rotatable bonds is 2. The summed E-state index contributed by atoms with van der Waals surface area (Å²) in [7, 11) is -3.25. The molecule has 0 aromatic rings. The molecule has 0 spiro atoms. The van der Waals surface area contributed by atoms with E-state index >= 15 is 0 Å². The van der Waals surface area contributed by atoms with Crippen LogP contribution in [0.5, 0.6) is 0 Å². The normalized spacial score (nSPS) is 26.7. The van der Waals surface area contributed by atoms with Gasteiger partial charge in [0, 0.05) is 19.8 Å². The van der Waals surface area contributed by atoms with Crippen LogP contribution < -0.4 is 0 Å². The van der Waals surface area contributed by atoms with E-state index in [0.717, 1.165) is 12.8 Å². The maximum Gasteiger partial charge on any atom is 0.239 e. The van der Waals surface area contributed by atoms with Gasteiger partial charge in [0.2, 0.25) is 10.0 Å². The monoisotopic (exact) mass is 235 g/mol. The van der Waals surface area contributed by atoms with Gasteiger partial charge in [0.05, 0.1) is 11.9 Å². The van der Waals surface area contributed by atoms with Gasteiger partial charge in [0.25, 0.3) is 0 Å². The predicted molar refractivity (Wildman–Crippen MR) is 54.7 cm³/mol. The average Bonchev–Trinajstić information content (AvgIpc) is 2.31. The fourth-order valence-corrected chi connectivity index (χ4v) is 3.64. The Balaban J connectivity index is 2.03. The van der Waals surface area contributed by atoms with Crippen molar-refractivity contribution in [3.63, 3.8) is 0 Å². The molecule has 0 aromatic carbocycles. The molecule has 0 N–H and O–H groups in total. The molecule has 2 aliphatic rings. The van der Waals surface area contributed by atoms with E-state index in [1.54, 1.807) is 0 Å². The highest BCUT2D eigenvalue weighted by Crippen LogP contribution is 2.22. The van der Waals surface area contributed by atoms with Gasteiger partial charge < -0.3 is 4.74 Å². The van der Waals surface area contributed by atoms with Gasteiger partial charge in [-0.15, -0.1) is 0 Å². The quantitative estimate of drug-likeness (QED) is 0.700. The summed E-state index contributed by atoms with van der Waals surface area (Å²) in [6.45, 7) is 2.09. The number of hydroxylamine groups is 1. The first-order valence-electron chi connectivity index (χ1n) is 5.43. The Kier molecular flexibility index (Phi) is 3.60. The molecule has 0 amide bonds. The van der Waals surface area contributed by atoms with Crippen LogP contribution in [0.4, 0.5) is 0 Å². The first-order valence-corrected chi connectivity index (χ1v) is 6.94. The van der Waals surface area contributed by atoms with Gasteiger partial charge in [0.1, 0.15) is 0 Å². The molecule has 0 atom stereocenters. The molecule has 2 heterocycles. The van der Waals surface area contributed by atoms with Crippen molar-refractivity contribution in [2.75, 3.05) is 26.4 Å². The minimum atomic E-state index is -3.25. The van der Waals surface area contributed by atoms with Gasteiger partial charge in [0.15, 0.2) is 0 Å². The summed E-state index contributed by atoms with van der Waals surface area (Å²) in [4.78, 5) is 5.20. The van der Waals surface area contributed by atoms with Gasteiger partial charge >= 0.3 is 0 Å². The second-order valence-electron chi connectivity index (χ2n) is 3.92. The number of hydrogen-bond donors (Lipinski definition) is 0. The van der Waals surface area contributed by atoms with Crippen LogP contribution in [0.3, 0.4) is 0 Å². The fourth-order valence-electron chi connectivity index (χ4n) is 1.91. The lowest BCUT2D eigenvalue weighted by Crippen LogP contribution is -2.43. The van der Waals surface area contributed by atoms with Crippen molar-refractivity contribution >= 4 is 10.0 Å². The van der Waals surface area contributed by atoms with Gasteiger partial charge in [-0.3, -0.25) is 4.84 Å².